The topological polar surface area (TPSA) is 0 Å². The summed E-state index contributed by atoms with van der Waals surface area (Å²) in [5.74, 6) is 0. The standard InChI is InChI=1S/C7H4F3.4C7H7.Sb/c8-7(9,10)6-4-2-1-3-5-6;4*1-7-5-3-2-4-6-7;/h2-5H;4*3-6H,1H3;. The average molecular weight is 631 g/mol. The Morgan fingerprint density at radius 3 is 0.769 bits per heavy atom. The molecule has 0 saturated carbocycles. The van der Waals surface area contributed by atoms with Crippen LogP contribution in [0.25, 0.3) is 0 Å². The maximum absolute atomic E-state index is 13.8. The fraction of sp³-hybridized carbons (Fsp3) is 0.143. The van der Waals surface area contributed by atoms with E-state index in [1.807, 2.05) is 0 Å². The molecule has 0 aromatic heterocycles. The molecule has 5 rings (SSSR count). The summed E-state index contributed by atoms with van der Waals surface area (Å²) in [4.78, 5) is 0. The number of hydrogen-bond donors (Lipinski definition) is 0. The minimum absolute atomic E-state index is 0.638. The van der Waals surface area contributed by atoms with Gasteiger partial charge < -0.3 is 0 Å². The second-order valence-electron chi connectivity index (χ2n) is 10.5. The van der Waals surface area contributed by atoms with Crippen LogP contribution in [0.4, 0.5) is 13.2 Å². The normalized spacial score (nSPS) is 13.1. The summed E-state index contributed by atoms with van der Waals surface area (Å²) in [6, 6.07) is 40.6. The second kappa shape index (κ2) is 10.0. The minimum atomic E-state index is -5.06. The van der Waals surface area contributed by atoms with Crippen LogP contribution in [0.2, 0.25) is 0 Å². The van der Waals surface area contributed by atoms with Crippen molar-refractivity contribution in [3.05, 3.63) is 149 Å². The fourth-order valence-electron chi connectivity index (χ4n) is 5.81. The van der Waals surface area contributed by atoms with Crippen LogP contribution in [0.1, 0.15) is 27.8 Å². The molecule has 0 bridgehead atoms. The molecule has 0 aliphatic rings. The molecule has 198 valence electrons. The number of benzene rings is 5. The summed E-state index contributed by atoms with van der Waals surface area (Å²) in [7, 11) is 0. The monoisotopic (exact) mass is 630 g/mol. The van der Waals surface area contributed by atoms with Crippen LogP contribution in [-0.4, -0.2) is 17.4 Å². The number of aryl methyl sites for hydroxylation is 4. The van der Waals surface area contributed by atoms with Gasteiger partial charge in [0.15, 0.2) is 0 Å². The van der Waals surface area contributed by atoms with Crippen LogP contribution < -0.4 is 17.6 Å². The van der Waals surface area contributed by atoms with Gasteiger partial charge in [0.05, 0.1) is 0 Å². The van der Waals surface area contributed by atoms with Crippen molar-refractivity contribution in [3.63, 3.8) is 0 Å². The zero-order valence-corrected chi connectivity index (χ0v) is 25.2. The molecule has 4 heteroatoms. The number of rotatable bonds is 5. The zero-order valence-electron chi connectivity index (χ0n) is 22.6. The van der Waals surface area contributed by atoms with Crippen molar-refractivity contribution in [1.82, 2.24) is 0 Å². The fourth-order valence-corrected chi connectivity index (χ4v) is 25.0. The van der Waals surface area contributed by atoms with E-state index in [1.165, 1.54) is 12.1 Å². The first-order chi connectivity index (χ1) is 18.6. The van der Waals surface area contributed by atoms with E-state index in [2.05, 4.69) is 125 Å². The number of halogens is 3. The van der Waals surface area contributed by atoms with Crippen molar-refractivity contribution < 1.29 is 13.2 Å². The zero-order chi connectivity index (χ0) is 27.9. The van der Waals surface area contributed by atoms with E-state index in [0.717, 1.165) is 39.8 Å². The van der Waals surface area contributed by atoms with Crippen molar-refractivity contribution in [3.8, 4) is 0 Å². The molecular weight excluding hydrogens is 599 g/mol. The quantitative estimate of drug-likeness (QED) is 0.204. The van der Waals surface area contributed by atoms with Gasteiger partial charge in [0.25, 0.3) is 0 Å². The predicted octanol–water partition coefficient (Wildman–Crippen LogP) is 6.18. The first kappa shape index (κ1) is 27.3. The summed E-state index contributed by atoms with van der Waals surface area (Å²) in [6.07, 6.45) is -4.41. The van der Waals surface area contributed by atoms with Gasteiger partial charge in [-0.05, 0) is 0 Å². The molecule has 0 fully saturated rings. The number of hydrogen-bond acceptors (Lipinski definition) is 0. The Morgan fingerprint density at radius 2 is 0.564 bits per heavy atom. The molecule has 5 aromatic carbocycles. The Bertz CT molecular complexity index is 1390. The summed E-state index contributed by atoms with van der Waals surface area (Å²) < 4.78 is 47.0. The van der Waals surface area contributed by atoms with E-state index in [-0.39, 0.29) is 0 Å². The molecule has 0 unspecified atom stereocenters. The Hall–Kier alpha value is -3.29. The Balaban J connectivity index is 2.09. The molecule has 0 N–H and O–H groups in total. The summed E-state index contributed by atoms with van der Waals surface area (Å²) in [6.45, 7) is 8.26. The molecule has 0 aliphatic carbocycles. The number of alkyl halides is 3. The second-order valence-corrected chi connectivity index (χ2v) is 24.3. The predicted molar refractivity (Wildman–Crippen MR) is 160 cm³/mol. The van der Waals surface area contributed by atoms with Crippen LogP contribution in [0.5, 0.6) is 0 Å². The van der Waals surface area contributed by atoms with Gasteiger partial charge in [-0.2, -0.15) is 0 Å². The van der Waals surface area contributed by atoms with Gasteiger partial charge in [-0.25, -0.2) is 0 Å². The molecule has 39 heavy (non-hydrogen) atoms. The van der Waals surface area contributed by atoms with Crippen LogP contribution in [0.15, 0.2) is 121 Å². The van der Waals surface area contributed by atoms with Crippen LogP contribution in [-0.2, 0) is 6.18 Å². The Labute approximate surface area is 230 Å². The van der Waals surface area contributed by atoms with Gasteiger partial charge in [0.1, 0.15) is 0 Å². The van der Waals surface area contributed by atoms with Gasteiger partial charge in [-0.15, -0.1) is 0 Å². The van der Waals surface area contributed by atoms with Crippen LogP contribution in [0.3, 0.4) is 0 Å². The van der Waals surface area contributed by atoms with Crippen LogP contribution >= 0.6 is 0 Å². The van der Waals surface area contributed by atoms with Crippen molar-refractivity contribution in [2.75, 3.05) is 0 Å². The maximum atomic E-state index is 13.8. The van der Waals surface area contributed by atoms with E-state index in [4.69, 9.17) is 0 Å². The molecule has 0 heterocycles. The van der Waals surface area contributed by atoms with Gasteiger partial charge >= 0.3 is 231 Å². The van der Waals surface area contributed by atoms with Gasteiger partial charge in [0, 0.05) is 0 Å². The summed E-state index contributed by atoms with van der Waals surface area (Å²) in [5.41, 5.74) is 3.91. The van der Waals surface area contributed by atoms with Crippen molar-refractivity contribution in [2.24, 2.45) is 0 Å². The summed E-state index contributed by atoms with van der Waals surface area (Å²) >= 11 is -5.06. The van der Waals surface area contributed by atoms with Gasteiger partial charge in [0.2, 0.25) is 0 Å². The van der Waals surface area contributed by atoms with E-state index >= 15 is 0 Å². The molecule has 0 spiro atoms. The Kier molecular flexibility index (Phi) is 7.02. The van der Waals surface area contributed by atoms with Gasteiger partial charge in [-0.1, -0.05) is 0 Å². The first-order valence-corrected chi connectivity index (χ1v) is 19.4. The molecule has 0 nitrogen and oxygen atoms in total. The molecule has 0 atom stereocenters. The SMILES string of the molecule is Cc1cc[c]([Sb]([c]2ccc(C)cc2)([c]2ccc(C)cc2)([c]2ccc(C)cc2)[c]2ccc(C(F)(F)F)cc2)cc1. The van der Waals surface area contributed by atoms with Crippen LogP contribution in [0, 0.1) is 27.7 Å². The molecule has 0 radical (unpaired) electrons. The van der Waals surface area contributed by atoms with E-state index in [0.29, 0.717) is 0 Å². The van der Waals surface area contributed by atoms with E-state index in [1.54, 1.807) is 12.1 Å². The molecule has 5 aromatic rings. The average Bonchev–Trinajstić information content (AvgIpc) is 2.92. The first-order valence-electron chi connectivity index (χ1n) is 13.0. The Morgan fingerprint density at radius 1 is 0.359 bits per heavy atom. The third kappa shape index (κ3) is 4.32. The third-order valence-corrected chi connectivity index (χ3v) is 26.9. The van der Waals surface area contributed by atoms with E-state index in [9.17, 15) is 13.2 Å². The van der Waals surface area contributed by atoms with Crippen molar-refractivity contribution in [2.45, 2.75) is 33.9 Å². The molecule has 0 saturated heterocycles. The van der Waals surface area contributed by atoms with Crippen molar-refractivity contribution in [1.29, 1.82) is 0 Å². The van der Waals surface area contributed by atoms with Crippen molar-refractivity contribution >= 4 is 34.9 Å². The molecule has 0 amide bonds. The summed E-state index contributed by atoms with van der Waals surface area (Å²) in [5, 5.41) is 0. The molecule has 0 aliphatic heterocycles. The molecular formula is C35H32F3Sb. The van der Waals surface area contributed by atoms with Gasteiger partial charge in [-0.3, -0.25) is 0 Å². The third-order valence-electron chi connectivity index (χ3n) is 7.91. The van der Waals surface area contributed by atoms with E-state index < -0.39 is 29.1 Å².